The first-order valence-electron chi connectivity index (χ1n) is 9.01. The average molecular weight is 405 g/mol. The van der Waals surface area contributed by atoms with E-state index in [0.29, 0.717) is 22.9 Å². The molecule has 0 aliphatic carbocycles. The third-order valence-corrected chi connectivity index (χ3v) is 5.08. The summed E-state index contributed by atoms with van der Waals surface area (Å²) in [4.78, 5) is 21.2. The maximum Gasteiger partial charge on any atom is 0.275 e. The normalized spacial score (nSPS) is 10.7. The van der Waals surface area contributed by atoms with Crippen molar-refractivity contribution in [1.29, 1.82) is 0 Å². The zero-order chi connectivity index (χ0) is 20.2. The summed E-state index contributed by atoms with van der Waals surface area (Å²) in [5.74, 6) is 0.838. The largest absolute Gasteiger partial charge is 0.493 e. The summed E-state index contributed by atoms with van der Waals surface area (Å²) in [5.41, 5.74) is 2.72. The van der Waals surface area contributed by atoms with E-state index in [-0.39, 0.29) is 12.5 Å². The van der Waals surface area contributed by atoms with Gasteiger partial charge in [-0.05, 0) is 31.2 Å². The Bertz CT molecular complexity index is 1170. The van der Waals surface area contributed by atoms with Crippen molar-refractivity contribution >= 4 is 33.8 Å². The Balaban J connectivity index is 1.50. The fraction of sp³-hybridized carbons (Fsp3) is 0.136. The number of hydrogen-bond donors (Lipinski definition) is 1. The first-order valence-corrected chi connectivity index (χ1v) is 9.89. The Kier molecular flexibility index (Phi) is 5.39. The second kappa shape index (κ2) is 8.28. The van der Waals surface area contributed by atoms with E-state index in [4.69, 9.17) is 9.47 Å². The molecule has 7 heteroatoms. The number of amides is 1. The second-order valence-corrected chi connectivity index (χ2v) is 7.42. The van der Waals surface area contributed by atoms with E-state index in [1.807, 2.05) is 43.3 Å². The van der Waals surface area contributed by atoms with Gasteiger partial charge in [0.15, 0.2) is 11.5 Å². The van der Waals surface area contributed by atoms with Crippen molar-refractivity contribution in [3.63, 3.8) is 0 Å². The number of fused-ring (bicyclic) bond motifs is 1. The lowest BCUT2D eigenvalue weighted by Gasteiger charge is -2.13. The molecule has 0 unspecified atom stereocenters. The summed E-state index contributed by atoms with van der Waals surface area (Å²) >= 11 is 1.44. The van der Waals surface area contributed by atoms with Gasteiger partial charge in [0.1, 0.15) is 12.3 Å². The van der Waals surface area contributed by atoms with Crippen LogP contribution in [0.15, 0.2) is 60.0 Å². The minimum Gasteiger partial charge on any atom is -0.493 e. The molecule has 0 saturated heterocycles. The zero-order valence-corrected chi connectivity index (χ0v) is 16.8. The molecule has 0 spiro atoms. The number of aryl methyl sites for hydroxylation is 1. The fourth-order valence-electron chi connectivity index (χ4n) is 2.87. The van der Waals surface area contributed by atoms with Crippen LogP contribution < -0.4 is 14.8 Å². The maximum atomic E-state index is 12.3. The van der Waals surface area contributed by atoms with Gasteiger partial charge in [-0.1, -0.05) is 24.3 Å². The molecule has 2 aromatic heterocycles. The molecule has 4 aromatic rings. The van der Waals surface area contributed by atoms with Crippen LogP contribution in [0.5, 0.6) is 11.5 Å². The molecule has 29 heavy (non-hydrogen) atoms. The Morgan fingerprint density at radius 1 is 1.07 bits per heavy atom. The first-order chi connectivity index (χ1) is 14.1. The molecule has 1 N–H and O–H groups in total. The van der Waals surface area contributed by atoms with Crippen LogP contribution in [0.3, 0.4) is 0 Å². The number of para-hydroxylation sites is 1. The van der Waals surface area contributed by atoms with Crippen molar-refractivity contribution in [3.8, 4) is 11.5 Å². The van der Waals surface area contributed by atoms with E-state index in [1.165, 1.54) is 11.3 Å². The van der Waals surface area contributed by atoms with Gasteiger partial charge in [0, 0.05) is 22.5 Å². The van der Waals surface area contributed by atoms with Crippen LogP contribution in [-0.4, -0.2) is 23.0 Å². The predicted molar refractivity (Wildman–Crippen MR) is 114 cm³/mol. The molecule has 2 aromatic carbocycles. The van der Waals surface area contributed by atoms with Crippen LogP contribution in [0.4, 0.5) is 5.69 Å². The van der Waals surface area contributed by atoms with Crippen molar-refractivity contribution in [1.82, 2.24) is 9.97 Å². The molecule has 0 saturated carbocycles. The van der Waals surface area contributed by atoms with Gasteiger partial charge in [0.25, 0.3) is 5.91 Å². The Hall–Kier alpha value is -3.45. The molecular formula is C22H19N3O3S. The van der Waals surface area contributed by atoms with Crippen molar-refractivity contribution in [2.45, 2.75) is 13.5 Å². The van der Waals surface area contributed by atoms with Crippen LogP contribution in [0.25, 0.3) is 10.9 Å². The number of ether oxygens (including phenoxy) is 2. The number of nitrogens with one attached hydrogen (secondary N) is 1. The standard InChI is InChI=1S/C22H19N3O3S/c1-14-23-19(13-29-14)22(26)25-16-9-10-20(27-2)21(11-16)28-12-17-8-7-15-5-3-4-6-18(15)24-17/h3-11,13H,12H2,1-2H3,(H,25,26). The average Bonchev–Trinajstić information content (AvgIpc) is 3.19. The van der Waals surface area contributed by atoms with Gasteiger partial charge in [0.2, 0.25) is 0 Å². The molecule has 0 aliphatic heterocycles. The lowest BCUT2D eigenvalue weighted by atomic mass is 10.2. The number of nitrogens with zero attached hydrogens (tertiary/aromatic N) is 2. The van der Waals surface area contributed by atoms with Crippen molar-refractivity contribution in [2.75, 3.05) is 12.4 Å². The van der Waals surface area contributed by atoms with E-state index in [2.05, 4.69) is 15.3 Å². The maximum absolute atomic E-state index is 12.3. The summed E-state index contributed by atoms with van der Waals surface area (Å²) in [6.07, 6.45) is 0. The number of benzene rings is 2. The second-order valence-electron chi connectivity index (χ2n) is 6.36. The smallest absolute Gasteiger partial charge is 0.275 e. The van der Waals surface area contributed by atoms with E-state index in [9.17, 15) is 4.79 Å². The first kappa shape index (κ1) is 18.9. The Labute approximate surface area is 172 Å². The van der Waals surface area contributed by atoms with Gasteiger partial charge in [-0.25, -0.2) is 9.97 Å². The monoisotopic (exact) mass is 405 g/mol. The van der Waals surface area contributed by atoms with E-state index in [0.717, 1.165) is 21.6 Å². The van der Waals surface area contributed by atoms with Crippen LogP contribution >= 0.6 is 11.3 Å². The summed E-state index contributed by atoms with van der Waals surface area (Å²) in [6.45, 7) is 2.14. The van der Waals surface area contributed by atoms with Crippen LogP contribution in [0.1, 0.15) is 21.2 Å². The summed E-state index contributed by atoms with van der Waals surface area (Å²) in [5, 5.41) is 6.50. The van der Waals surface area contributed by atoms with Gasteiger partial charge in [-0.2, -0.15) is 0 Å². The number of carbonyl (C=O) groups is 1. The van der Waals surface area contributed by atoms with Crippen LogP contribution in [-0.2, 0) is 6.61 Å². The minimum atomic E-state index is -0.262. The third kappa shape index (κ3) is 4.35. The molecule has 146 valence electrons. The number of anilines is 1. The highest BCUT2D eigenvalue weighted by Gasteiger charge is 2.12. The molecule has 0 bridgehead atoms. The molecule has 0 aliphatic rings. The molecule has 6 nitrogen and oxygen atoms in total. The van der Waals surface area contributed by atoms with Crippen molar-refractivity contribution in [2.24, 2.45) is 0 Å². The number of rotatable bonds is 6. The summed E-state index contributed by atoms with van der Waals surface area (Å²) < 4.78 is 11.3. The topological polar surface area (TPSA) is 73.3 Å². The van der Waals surface area contributed by atoms with Gasteiger partial charge in [-0.15, -0.1) is 11.3 Å². The van der Waals surface area contributed by atoms with Crippen molar-refractivity contribution in [3.05, 3.63) is 76.4 Å². The van der Waals surface area contributed by atoms with Gasteiger partial charge >= 0.3 is 0 Å². The molecule has 1 amide bonds. The highest BCUT2D eigenvalue weighted by atomic mass is 32.1. The fourth-order valence-corrected chi connectivity index (χ4v) is 3.46. The molecule has 0 atom stereocenters. The molecule has 4 rings (SSSR count). The van der Waals surface area contributed by atoms with E-state index in [1.54, 1.807) is 30.7 Å². The lowest BCUT2D eigenvalue weighted by Crippen LogP contribution is -2.12. The number of methoxy groups -OCH3 is 1. The number of pyridine rings is 1. The van der Waals surface area contributed by atoms with Crippen LogP contribution in [0, 0.1) is 6.92 Å². The van der Waals surface area contributed by atoms with Crippen molar-refractivity contribution < 1.29 is 14.3 Å². The quantitative estimate of drug-likeness (QED) is 0.497. The molecule has 0 fully saturated rings. The summed E-state index contributed by atoms with van der Waals surface area (Å²) in [6, 6.07) is 17.1. The van der Waals surface area contributed by atoms with Gasteiger partial charge in [0.05, 0.1) is 23.3 Å². The van der Waals surface area contributed by atoms with Gasteiger partial charge in [-0.3, -0.25) is 4.79 Å². The highest BCUT2D eigenvalue weighted by Crippen LogP contribution is 2.31. The Morgan fingerprint density at radius 2 is 1.93 bits per heavy atom. The van der Waals surface area contributed by atoms with Gasteiger partial charge < -0.3 is 14.8 Å². The third-order valence-electron chi connectivity index (χ3n) is 4.30. The highest BCUT2D eigenvalue weighted by molar-refractivity contribution is 7.09. The SMILES string of the molecule is COc1ccc(NC(=O)c2csc(C)n2)cc1OCc1ccc2ccccc2n1. The molecule has 0 radical (unpaired) electrons. The zero-order valence-electron chi connectivity index (χ0n) is 16.0. The molecule has 2 heterocycles. The molecular weight excluding hydrogens is 386 g/mol. The number of thiazole rings is 1. The lowest BCUT2D eigenvalue weighted by molar-refractivity contribution is 0.102. The van der Waals surface area contributed by atoms with Crippen LogP contribution in [0.2, 0.25) is 0 Å². The number of carbonyl (C=O) groups excluding carboxylic acids is 1. The number of hydrogen-bond acceptors (Lipinski definition) is 6. The van der Waals surface area contributed by atoms with E-state index >= 15 is 0 Å². The minimum absolute atomic E-state index is 0.262. The van der Waals surface area contributed by atoms with E-state index < -0.39 is 0 Å². The number of aromatic nitrogens is 2. The predicted octanol–water partition coefficient (Wildman–Crippen LogP) is 4.84. The Morgan fingerprint density at radius 3 is 2.72 bits per heavy atom. The summed E-state index contributed by atoms with van der Waals surface area (Å²) in [7, 11) is 1.58.